The van der Waals surface area contributed by atoms with E-state index < -0.39 is 0 Å². The van der Waals surface area contributed by atoms with Crippen LogP contribution in [0, 0.1) is 5.92 Å². The van der Waals surface area contributed by atoms with Gasteiger partial charge < -0.3 is 14.7 Å². The van der Waals surface area contributed by atoms with Gasteiger partial charge in [-0.2, -0.15) is 0 Å². The summed E-state index contributed by atoms with van der Waals surface area (Å²) in [4.78, 5) is 14.3. The van der Waals surface area contributed by atoms with Gasteiger partial charge in [-0.25, -0.2) is 0 Å². The fourth-order valence-corrected chi connectivity index (χ4v) is 2.54. The van der Waals surface area contributed by atoms with E-state index in [4.69, 9.17) is 4.74 Å². The summed E-state index contributed by atoms with van der Waals surface area (Å²) in [5.74, 6) is 0.370. The van der Waals surface area contributed by atoms with Crippen LogP contribution in [0.2, 0.25) is 0 Å². The molecule has 106 valence electrons. The molecule has 18 heavy (non-hydrogen) atoms. The Labute approximate surface area is 110 Å². The summed E-state index contributed by atoms with van der Waals surface area (Å²) in [6.45, 7) is 7.34. The number of unbranched alkanes of at least 4 members (excludes halogenated alkanes) is 1. The van der Waals surface area contributed by atoms with Gasteiger partial charge in [0.25, 0.3) is 0 Å². The van der Waals surface area contributed by atoms with Crippen molar-refractivity contribution >= 4 is 5.91 Å². The molecule has 0 aliphatic carbocycles. The molecule has 1 amide bonds. The number of hydrogen-bond acceptors (Lipinski definition) is 3. The van der Waals surface area contributed by atoms with Crippen LogP contribution in [0.5, 0.6) is 0 Å². The van der Waals surface area contributed by atoms with E-state index in [-0.39, 0.29) is 30.6 Å². The highest BCUT2D eigenvalue weighted by molar-refractivity contribution is 5.79. The largest absolute Gasteiger partial charge is 0.394 e. The first-order valence-corrected chi connectivity index (χ1v) is 7.17. The van der Waals surface area contributed by atoms with Crippen molar-refractivity contribution in [1.82, 2.24) is 4.90 Å². The molecule has 0 aromatic heterocycles. The van der Waals surface area contributed by atoms with Gasteiger partial charge in [0.1, 0.15) is 0 Å². The van der Waals surface area contributed by atoms with Gasteiger partial charge in [0, 0.05) is 19.0 Å². The number of aliphatic hydroxyl groups is 1. The number of morpholine rings is 1. The molecule has 1 fully saturated rings. The van der Waals surface area contributed by atoms with Crippen LogP contribution >= 0.6 is 0 Å². The zero-order chi connectivity index (χ0) is 13.5. The lowest BCUT2D eigenvalue weighted by Crippen LogP contribution is -2.51. The number of aliphatic hydroxyl groups excluding tert-OH is 1. The van der Waals surface area contributed by atoms with Gasteiger partial charge in [0.2, 0.25) is 5.91 Å². The Morgan fingerprint density at radius 3 is 2.72 bits per heavy atom. The Balaban J connectivity index is 2.57. The summed E-state index contributed by atoms with van der Waals surface area (Å²) in [5.41, 5.74) is 0. The van der Waals surface area contributed by atoms with E-state index in [0.717, 1.165) is 25.7 Å². The molecule has 0 spiro atoms. The maximum atomic E-state index is 12.4. The number of carbonyl (C=O) groups is 1. The van der Waals surface area contributed by atoms with E-state index in [1.807, 2.05) is 11.8 Å². The first-order chi connectivity index (χ1) is 8.62. The molecule has 3 atom stereocenters. The second-order valence-electron chi connectivity index (χ2n) is 5.24. The Hall–Kier alpha value is -0.610. The molecule has 0 bridgehead atoms. The summed E-state index contributed by atoms with van der Waals surface area (Å²) in [5, 5.41) is 9.18. The minimum Gasteiger partial charge on any atom is -0.394 e. The average molecular weight is 257 g/mol. The molecule has 0 saturated carbocycles. The van der Waals surface area contributed by atoms with Gasteiger partial charge >= 0.3 is 0 Å². The number of nitrogens with zero attached hydrogens (tertiary/aromatic N) is 1. The van der Waals surface area contributed by atoms with Crippen LogP contribution in [-0.4, -0.2) is 47.8 Å². The fourth-order valence-electron chi connectivity index (χ4n) is 2.54. The quantitative estimate of drug-likeness (QED) is 0.789. The monoisotopic (exact) mass is 257 g/mol. The maximum absolute atomic E-state index is 12.4. The van der Waals surface area contributed by atoms with Crippen molar-refractivity contribution in [3.8, 4) is 0 Å². The highest BCUT2D eigenvalue weighted by atomic mass is 16.5. The molecular formula is C14H27NO3. The molecule has 1 N–H and O–H groups in total. The van der Waals surface area contributed by atoms with E-state index in [1.165, 1.54) is 0 Å². The SMILES string of the molecule is CCCCC(CC)C(=O)N1CC(C)OC(CO)C1. The Morgan fingerprint density at radius 1 is 1.44 bits per heavy atom. The minimum absolute atomic E-state index is 0.0140. The van der Waals surface area contributed by atoms with Crippen molar-refractivity contribution in [2.45, 2.75) is 58.7 Å². The van der Waals surface area contributed by atoms with Crippen LogP contribution in [0.3, 0.4) is 0 Å². The van der Waals surface area contributed by atoms with Crippen molar-refractivity contribution in [2.24, 2.45) is 5.92 Å². The fraction of sp³-hybridized carbons (Fsp3) is 0.929. The van der Waals surface area contributed by atoms with Gasteiger partial charge in [-0.1, -0.05) is 26.7 Å². The van der Waals surface area contributed by atoms with Crippen molar-refractivity contribution in [3.63, 3.8) is 0 Å². The molecule has 1 aliphatic rings. The van der Waals surface area contributed by atoms with E-state index >= 15 is 0 Å². The second kappa shape index (κ2) is 7.74. The van der Waals surface area contributed by atoms with Crippen molar-refractivity contribution in [1.29, 1.82) is 0 Å². The number of ether oxygens (including phenoxy) is 1. The van der Waals surface area contributed by atoms with Crippen molar-refractivity contribution in [3.05, 3.63) is 0 Å². The molecule has 1 heterocycles. The van der Waals surface area contributed by atoms with Crippen LogP contribution in [0.1, 0.15) is 46.5 Å². The third kappa shape index (κ3) is 4.25. The molecule has 4 nitrogen and oxygen atoms in total. The lowest BCUT2D eigenvalue weighted by atomic mass is 9.97. The highest BCUT2D eigenvalue weighted by Crippen LogP contribution is 2.19. The number of carbonyl (C=O) groups excluding carboxylic acids is 1. The zero-order valence-electron chi connectivity index (χ0n) is 11.9. The first-order valence-electron chi connectivity index (χ1n) is 7.17. The topological polar surface area (TPSA) is 49.8 Å². The Kier molecular flexibility index (Phi) is 6.65. The Morgan fingerprint density at radius 2 is 2.17 bits per heavy atom. The summed E-state index contributed by atoms with van der Waals surface area (Å²) in [6.07, 6.45) is 3.90. The van der Waals surface area contributed by atoms with Crippen LogP contribution in [0.4, 0.5) is 0 Å². The lowest BCUT2D eigenvalue weighted by Gasteiger charge is -2.37. The predicted molar refractivity (Wildman–Crippen MR) is 71.3 cm³/mol. The summed E-state index contributed by atoms with van der Waals surface area (Å²) >= 11 is 0. The van der Waals surface area contributed by atoms with E-state index in [2.05, 4.69) is 13.8 Å². The molecular weight excluding hydrogens is 230 g/mol. The molecule has 1 aliphatic heterocycles. The predicted octanol–water partition coefficient (Wildman–Crippen LogP) is 1.81. The second-order valence-corrected chi connectivity index (χ2v) is 5.24. The molecule has 0 aromatic carbocycles. The Bertz CT molecular complexity index is 257. The molecule has 3 unspecified atom stereocenters. The zero-order valence-corrected chi connectivity index (χ0v) is 11.9. The molecule has 1 rings (SSSR count). The smallest absolute Gasteiger partial charge is 0.225 e. The van der Waals surface area contributed by atoms with Crippen molar-refractivity contribution in [2.75, 3.05) is 19.7 Å². The lowest BCUT2D eigenvalue weighted by molar-refractivity contribution is -0.151. The van der Waals surface area contributed by atoms with Crippen LogP contribution < -0.4 is 0 Å². The van der Waals surface area contributed by atoms with Gasteiger partial charge in [-0.05, 0) is 19.8 Å². The van der Waals surface area contributed by atoms with E-state index in [1.54, 1.807) is 0 Å². The molecule has 4 heteroatoms. The van der Waals surface area contributed by atoms with Gasteiger partial charge in [0.05, 0.1) is 18.8 Å². The first kappa shape index (κ1) is 15.4. The highest BCUT2D eigenvalue weighted by Gasteiger charge is 2.30. The summed E-state index contributed by atoms with van der Waals surface area (Å²) in [6, 6.07) is 0. The van der Waals surface area contributed by atoms with Crippen LogP contribution in [-0.2, 0) is 9.53 Å². The van der Waals surface area contributed by atoms with Crippen LogP contribution in [0.15, 0.2) is 0 Å². The summed E-state index contributed by atoms with van der Waals surface area (Å²) < 4.78 is 5.57. The van der Waals surface area contributed by atoms with Crippen LogP contribution in [0.25, 0.3) is 0 Å². The van der Waals surface area contributed by atoms with E-state index in [9.17, 15) is 9.90 Å². The third-order valence-electron chi connectivity index (χ3n) is 3.59. The molecule has 0 aromatic rings. The van der Waals surface area contributed by atoms with Crippen molar-refractivity contribution < 1.29 is 14.6 Å². The van der Waals surface area contributed by atoms with E-state index in [0.29, 0.717) is 13.1 Å². The van der Waals surface area contributed by atoms with Gasteiger partial charge in [-0.15, -0.1) is 0 Å². The maximum Gasteiger partial charge on any atom is 0.225 e. The third-order valence-corrected chi connectivity index (χ3v) is 3.59. The number of hydrogen-bond donors (Lipinski definition) is 1. The average Bonchev–Trinajstić information content (AvgIpc) is 2.38. The number of amides is 1. The number of rotatable bonds is 6. The van der Waals surface area contributed by atoms with Gasteiger partial charge in [-0.3, -0.25) is 4.79 Å². The summed E-state index contributed by atoms with van der Waals surface area (Å²) in [7, 11) is 0. The van der Waals surface area contributed by atoms with Gasteiger partial charge in [0.15, 0.2) is 0 Å². The standard InChI is InChI=1S/C14H27NO3/c1-4-6-7-12(5-2)14(17)15-8-11(3)18-13(9-15)10-16/h11-13,16H,4-10H2,1-3H3. The normalized spacial score (nSPS) is 26.1. The minimum atomic E-state index is -0.221. The molecule has 0 radical (unpaired) electrons. The molecule has 1 saturated heterocycles.